The van der Waals surface area contributed by atoms with E-state index in [0.717, 1.165) is 42.9 Å². The number of aliphatic hydroxyl groups is 1. The third-order valence-corrected chi connectivity index (χ3v) is 8.63. The molecule has 0 aromatic rings. The predicted molar refractivity (Wildman–Crippen MR) is 89.4 cm³/mol. The lowest BCUT2D eigenvalue weighted by atomic mass is 9.45. The maximum atomic E-state index is 10.5. The van der Waals surface area contributed by atoms with Crippen LogP contribution in [-0.2, 0) is 0 Å². The summed E-state index contributed by atoms with van der Waals surface area (Å²) >= 11 is 0. The fourth-order valence-corrected chi connectivity index (χ4v) is 7.15. The number of hydrogen-bond donors (Lipinski definition) is 2. The van der Waals surface area contributed by atoms with Crippen LogP contribution in [0.2, 0.25) is 0 Å². The standard InChI is InChI=1S/C19H32N2O/c1-18-9-7-13(21-20)11-12(18)3-4-14-15-5-6-17(22)19(15,2)10-8-16(14)18/h12,14-17,22H,3-11,20H2,1-2H3/b21-13-/t12-,14-,15-,16-,17-,18-,19-/m0/s1. The second kappa shape index (κ2) is 4.96. The van der Waals surface area contributed by atoms with Crippen molar-refractivity contribution in [2.24, 2.45) is 45.4 Å². The quantitative estimate of drug-likeness (QED) is 0.529. The van der Waals surface area contributed by atoms with E-state index in [1.165, 1.54) is 44.2 Å². The highest BCUT2D eigenvalue weighted by Crippen LogP contribution is 2.65. The van der Waals surface area contributed by atoms with Crippen molar-refractivity contribution >= 4 is 5.71 Å². The molecule has 0 amide bonds. The molecule has 0 spiro atoms. The number of nitrogens with zero attached hydrogens (tertiary/aromatic N) is 1. The molecule has 7 atom stereocenters. The Morgan fingerprint density at radius 2 is 1.77 bits per heavy atom. The Kier molecular flexibility index (Phi) is 3.38. The zero-order valence-corrected chi connectivity index (χ0v) is 14.2. The van der Waals surface area contributed by atoms with E-state index < -0.39 is 0 Å². The van der Waals surface area contributed by atoms with Crippen molar-refractivity contribution in [3.05, 3.63) is 0 Å². The Bertz CT molecular complexity index is 490. The summed E-state index contributed by atoms with van der Waals surface area (Å²) in [5.74, 6) is 8.85. The van der Waals surface area contributed by atoms with Gasteiger partial charge in [-0.1, -0.05) is 13.8 Å². The number of nitrogens with two attached hydrogens (primary N) is 1. The molecular formula is C19H32N2O. The van der Waals surface area contributed by atoms with E-state index in [1.54, 1.807) is 0 Å². The van der Waals surface area contributed by atoms with Crippen molar-refractivity contribution in [3.63, 3.8) is 0 Å². The summed E-state index contributed by atoms with van der Waals surface area (Å²) in [5, 5.41) is 14.5. The van der Waals surface area contributed by atoms with E-state index in [0.29, 0.717) is 5.41 Å². The summed E-state index contributed by atoms with van der Waals surface area (Å²) in [6, 6.07) is 0. The van der Waals surface area contributed by atoms with Gasteiger partial charge in [0.15, 0.2) is 0 Å². The molecule has 22 heavy (non-hydrogen) atoms. The Hall–Kier alpha value is -0.570. The molecular weight excluding hydrogens is 272 g/mol. The SMILES string of the molecule is C[C@]12CC/C(=N/N)C[C@@H]1CC[C@@H]1[C@@H]2CC[C@]2(C)[C@@H](O)CC[C@@H]12. The van der Waals surface area contributed by atoms with Gasteiger partial charge in [0, 0.05) is 5.71 Å². The first-order chi connectivity index (χ1) is 10.5. The Labute approximate surface area is 134 Å². The molecule has 0 aromatic carbocycles. The molecule has 0 saturated heterocycles. The van der Waals surface area contributed by atoms with Crippen LogP contribution in [0, 0.1) is 34.5 Å². The van der Waals surface area contributed by atoms with E-state index in [4.69, 9.17) is 5.84 Å². The van der Waals surface area contributed by atoms with Gasteiger partial charge in [0.2, 0.25) is 0 Å². The first-order valence-corrected chi connectivity index (χ1v) is 9.43. The molecule has 4 aliphatic rings. The molecule has 4 aliphatic carbocycles. The predicted octanol–water partition coefficient (Wildman–Crippen LogP) is 3.70. The maximum Gasteiger partial charge on any atom is 0.0596 e. The fourth-order valence-electron chi connectivity index (χ4n) is 7.15. The molecule has 0 radical (unpaired) electrons. The van der Waals surface area contributed by atoms with Gasteiger partial charge in [-0.2, -0.15) is 5.10 Å². The van der Waals surface area contributed by atoms with Crippen LogP contribution in [0.5, 0.6) is 0 Å². The van der Waals surface area contributed by atoms with Gasteiger partial charge in [-0.15, -0.1) is 0 Å². The lowest BCUT2D eigenvalue weighted by Gasteiger charge is -2.60. The van der Waals surface area contributed by atoms with Gasteiger partial charge in [-0.05, 0) is 92.3 Å². The highest BCUT2D eigenvalue weighted by molar-refractivity contribution is 5.85. The Morgan fingerprint density at radius 3 is 2.55 bits per heavy atom. The Balaban J connectivity index is 1.62. The summed E-state index contributed by atoms with van der Waals surface area (Å²) in [6.45, 7) is 4.94. The van der Waals surface area contributed by atoms with Gasteiger partial charge >= 0.3 is 0 Å². The van der Waals surface area contributed by atoms with Crippen molar-refractivity contribution in [2.75, 3.05) is 0 Å². The monoisotopic (exact) mass is 304 g/mol. The number of hydrazone groups is 1. The van der Waals surface area contributed by atoms with Crippen LogP contribution < -0.4 is 5.84 Å². The zero-order valence-electron chi connectivity index (χ0n) is 14.2. The van der Waals surface area contributed by atoms with Crippen LogP contribution in [-0.4, -0.2) is 16.9 Å². The number of fused-ring (bicyclic) bond motifs is 5. The highest BCUT2D eigenvalue weighted by Gasteiger charge is 2.59. The molecule has 3 heteroatoms. The molecule has 0 bridgehead atoms. The lowest BCUT2D eigenvalue weighted by molar-refractivity contribution is -0.112. The molecule has 4 rings (SSSR count). The minimum Gasteiger partial charge on any atom is -0.393 e. The molecule has 0 heterocycles. The van der Waals surface area contributed by atoms with Crippen molar-refractivity contribution in [1.82, 2.24) is 0 Å². The summed E-state index contributed by atoms with van der Waals surface area (Å²) in [7, 11) is 0. The van der Waals surface area contributed by atoms with Crippen molar-refractivity contribution in [3.8, 4) is 0 Å². The normalized spacial score (nSPS) is 56.3. The van der Waals surface area contributed by atoms with E-state index in [-0.39, 0.29) is 11.5 Å². The number of aliphatic hydroxyl groups excluding tert-OH is 1. The van der Waals surface area contributed by atoms with Gasteiger partial charge in [-0.25, -0.2) is 0 Å². The van der Waals surface area contributed by atoms with Gasteiger partial charge in [-0.3, -0.25) is 0 Å². The molecule has 0 aliphatic heterocycles. The van der Waals surface area contributed by atoms with Crippen LogP contribution in [0.4, 0.5) is 0 Å². The van der Waals surface area contributed by atoms with Crippen LogP contribution >= 0.6 is 0 Å². The molecule has 0 unspecified atom stereocenters. The summed E-state index contributed by atoms with van der Waals surface area (Å²) in [4.78, 5) is 0. The molecule has 4 saturated carbocycles. The summed E-state index contributed by atoms with van der Waals surface area (Å²) in [5.41, 5.74) is 1.95. The fraction of sp³-hybridized carbons (Fsp3) is 0.947. The van der Waals surface area contributed by atoms with Crippen LogP contribution in [0.15, 0.2) is 5.10 Å². The van der Waals surface area contributed by atoms with Gasteiger partial charge < -0.3 is 10.9 Å². The molecule has 0 aromatic heterocycles. The zero-order chi connectivity index (χ0) is 15.5. The highest BCUT2D eigenvalue weighted by atomic mass is 16.3. The minimum atomic E-state index is -0.0497. The van der Waals surface area contributed by atoms with E-state index in [2.05, 4.69) is 18.9 Å². The average molecular weight is 304 g/mol. The van der Waals surface area contributed by atoms with Crippen LogP contribution in [0.25, 0.3) is 0 Å². The summed E-state index contributed by atoms with van der Waals surface area (Å²) < 4.78 is 0. The summed E-state index contributed by atoms with van der Waals surface area (Å²) in [6.07, 6.45) is 11.1. The second-order valence-electron chi connectivity index (χ2n) is 9.19. The molecule has 124 valence electrons. The Morgan fingerprint density at radius 1 is 1.00 bits per heavy atom. The van der Waals surface area contributed by atoms with Gasteiger partial charge in [0.25, 0.3) is 0 Å². The van der Waals surface area contributed by atoms with E-state index in [9.17, 15) is 5.11 Å². The van der Waals surface area contributed by atoms with E-state index >= 15 is 0 Å². The van der Waals surface area contributed by atoms with Crippen molar-refractivity contribution < 1.29 is 5.11 Å². The van der Waals surface area contributed by atoms with Crippen molar-refractivity contribution in [1.29, 1.82) is 0 Å². The van der Waals surface area contributed by atoms with Gasteiger partial charge in [0.05, 0.1) is 6.10 Å². The first-order valence-electron chi connectivity index (χ1n) is 9.43. The van der Waals surface area contributed by atoms with Crippen LogP contribution in [0.3, 0.4) is 0 Å². The maximum absolute atomic E-state index is 10.5. The molecule has 4 fully saturated rings. The smallest absolute Gasteiger partial charge is 0.0596 e. The molecule has 3 N–H and O–H groups in total. The van der Waals surface area contributed by atoms with E-state index in [1.807, 2.05) is 0 Å². The topological polar surface area (TPSA) is 58.6 Å². The number of hydrogen-bond acceptors (Lipinski definition) is 3. The lowest BCUT2D eigenvalue weighted by Crippen LogP contribution is -2.54. The largest absolute Gasteiger partial charge is 0.393 e. The van der Waals surface area contributed by atoms with Crippen molar-refractivity contribution in [2.45, 2.75) is 77.7 Å². The third-order valence-electron chi connectivity index (χ3n) is 8.63. The average Bonchev–Trinajstić information content (AvgIpc) is 2.82. The molecule has 3 nitrogen and oxygen atoms in total. The first kappa shape index (κ1) is 15.0. The second-order valence-corrected chi connectivity index (χ2v) is 9.19. The van der Waals surface area contributed by atoms with Gasteiger partial charge in [0.1, 0.15) is 0 Å². The van der Waals surface area contributed by atoms with Crippen LogP contribution in [0.1, 0.15) is 71.6 Å². The minimum absolute atomic E-state index is 0.0497. The third kappa shape index (κ3) is 1.87. The number of rotatable bonds is 0.